The first-order valence-corrected chi connectivity index (χ1v) is 6.79. The second kappa shape index (κ2) is 6.02. The second-order valence-corrected chi connectivity index (χ2v) is 6.56. The molecule has 1 fully saturated rings. The molecular weight excluding hydrogens is 198 g/mol. The van der Waals surface area contributed by atoms with Crippen molar-refractivity contribution in [1.82, 2.24) is 5.32 Å². The molecule has 0 amide bonds. The first-order chi connectivity index (χ1) is 7.44. The zero-order chi connectivity index (χ0) is 12.2. The third-order valence-corrected chi connectivity index (χ3v) is 4.01. The Morgan fingerprint density at radius 2 is 1.75 bits per heavy atom. The van der Waals surface area contributed by atoms with Crippen LogP contribution in [0, 0.1) is 17.3 Å². The van der Waals surface area contributed by atoms with Gasteiger partial charge in [-0.15, -0.1) is 0 Å². The molecule has 0 atom stereocenters. The molecule has 1 rings (SSSR count). The van der Waals surface area contributed by atoms with Gasteiger partial charge in [-0.1, -0.05) is 27.7 Å². The Bertz CT molecular complexity index is 193. The van der Waals surface area contributed by atoms with E-state index in [1.54, 1.807) is 0 Å². The largest absolute Gasteiger partial charge is 0.396 e. The lowest BCUT2D eigenvalue weighted by atomic mass is 9.79. The van der Waals surface area contributed by atoms with Crippen LogP contribution in [0.3, 0.4) is 0 Å². The molecule has 0 bridgehead atoms. The van der Waals surface area contributed by atoms with E-state index in [2.05, 4.69) is 33.0 Å². The van der Waals surface area contributed by atoms with Crippen LogP contribution in [0.1, 0.15) is 53.4 Å². The van der Waals surface area contributed by atoms with Gasteiger partial charge < -0.3 is 10.4 Å². The molecule has 0 aromatic rings. The van der Waals surface area contributed by atoms with Crippen molar-refractivity contribution in [1.29, 1.82) is 0 Å². The zero-order valence-electron chi connectivity index (χ0n) is 11.4. The van der Waals surface area contributed by atoms with Crippen LogP contribution in [0.15, 0.2) is 0 Å². The van der Waals surface area contributed by atoms with Crippen LogP contribution in [0.2, 0.25) is 0 Å². The van der Waals surface area contributed by atoms with Crippen molar-refractivity contribution in [3.63, 3.8) is 0 Å². The van der Waals surface area contributed by atoms with E-state index in [0.29, 0.717) is 6.04 Å². The minimum atomic E-state index is 0.0227. The van der Waals surface area contributed by atoms with Gasteiger partial charge in [0.15, 0.2) is 0 Å². The van der Waals surface area contributed by atoms with Crippen molar-refractivity contribution < 1.29 is 5.11 Å². The third-order valence-electron chi connectivity index (χ3n) is 4.01. The SMILES string of the molecule is CC(C)C1CCC(NCC(C)(C)CO)CC1. The van der Waals surface area contributed by atoms with Crippen LogP contribution in [-0.4, -0.2) is 24.3 Å². The van der Waals surface area contributed by atoms with Gasteiger partial charge in [-0.3, -0.25) is 0 Å². The summed E-state index contributed by atoms with van der Waals surface area (Å²) < 4.78 is 0. The molecule has 0 aliphatic heterocycles. The maximum Gasteiger partial charge on any atom is 0.0494 e. The Kier molecular flexibility index (Phi) is 5.26. The molecule has 1 saturated carbocycles. The average molecular weight is 227 g/mol. The number of rotatable bonds is 5. The van der Waals surface area contributed by atoms with E-state index in [1.165, 1.54) is 25.7 Å². The van der Waals surface area contributed by atoms with Gasteiger partial charge in [0.05, 0.1) is 0 Å². The van der Waals surface area contributed by atoms with Crippen molar-refractivity contribution in [3.8, 4) is 0 Å². The molecule has 0 heterocycles. The fourth-order valence-corrected chi connectivity index (χ4v) is 2.47. The third kappa shape index (κ3) is 4.42. The molecule has 0 spiro atoms. The van der Waals surface area contributed by atoms with E-state index in [0.717, 1.165) is 18.4 Å². The molecule has 16 heavy (non-hydrogen) atoms. The van der Waals surface area contributed by atoms with Gasteiger partial charge in [0.1, 0.15) is 0 Å². The first kappa shape index (κ1) is 14.0. The Balaban J connectivity index is 2.22. The molecular formula is C14H29NO. The summed E-state index contributed by atoms with van der Waals surface area (Å²) in [6, 6.07) is 0.681. The minimum absolute atomic E-state index is 0.0227. The number of hydrogen-bond acceptors (Lipinski definition) is 2. The van der Waals surface area contributed by atoms with Crippen molar-refractivity contribution >= 4 is 0 Å². The predicted molar refractivity (Wildman–Crippen MR) is 69.5 cm³/mol. The Hall–Kier alpha value is -0.0800. The Morgan fingerprint density at radius 3 is 2.19 bits per heavy atom. The highest BCUT2D eigenvalue weighted by Crippen LogP contribution is 2.30. The first-order valence-electron chi connectivity index (χ1n) is 6.79. The van der Waals surface area contributed by atoms with E-state index in [-0.39, 0.29) is 12.0 Å². The summed E-state index contributed by atoms with van der Waals surface area (Å²) in [5, 5.41) is 12.8. The lowest BCUT2D eigenvalue weighted by Crippen LogP contribution is -2.40. The van der Waals surface area contributed by atoms with Gasteiger partial charge in [-0.25, -0.2) is 0 Å². The molecule has 0 unspecified atom stereocenters. The maximum atomic E-state index is 9.20. The van der Waals surface area contributed by atoms with Gasteiger partial charge in [0.25, 0.3) is 0 Å². The molecule has 2 N–H and O–H groups in total. The molecule has 96 valence electrons. The lowest BCUT2D eigenvalue weighted by molar-refractivity contribution is 0.145. The van der Waals surface area contributed by atoms with Crippen LogP contribution < -0.4 is 5.32 Å². The molecule has 0 aromatic carbocycles. The summed E-state index contributed by atoms with van der Waals surface area (Å²) in [4.78, 5) is 0. The summed E-state index contributed by atoms with van der Waals surface area (Å²) >= 11 is 0. The maximum absolute atomic E-state index is 9.20. The van der Waals surface area contributed by atoms with Crippen molar-refractivity contribution in [2.24, 2.45) is 17.3 Å². The van der Waals surface area contributed by atoms with E-state index < -0.39 is 0 Å². The van der Waals surface area contributed by atoms with E-state index >= 15 is 0 Å². The minimum Gasteiger partial charge on any atom is -0.396 e. The van der Waals surface area contributed by atoms with Crippen LogP contribution in [0.4, 0.5) is 0 Å². The normalized spacial score (nSPS) is 27.4. The standard InChI is InChI=1S/C14H29NO/c1-11(2)12-5-7-13(8-6-12)15-9-14(3,4)10-16/h11-13,15-16H,5-10H2,1-4H3. The Morgan fingerprint density at radius 1 is 1.19 bits per heavy atom. The van der Waals surface area contributed by atoms with Gasteiger partial charge >= 0.3 is 0 Å². The second-order valence-electron chi connectivity index (χ2n) is 6.56. The molecule has 2 heteroatoms. The van der Waals surface area contributed by atoms with Gasteiger partial charge in [-0.2, -0.15) is 0 Å². The summed E-state index contributed by atoms with van der Waals surface area (Å²) in [6.45, 7) is 10.1. The highest BCUT2D eigenvalue weighted by Gasteiger charge is 2.24. The van der Waals surface area contributed by atoms with Crippen molar-refractivity contribution in [3.05, 3.63) is 0 Å². The Labute approximate surface area is 101 Å². The smallest absolute Gasteiger partial charge is 0.0494 e. The number of aliphatic hydroxyl groups excluding tert-OH is 1. The quantitative estimate of drug-likeness (QED) is 0.757. The van der Waals surface area contributed by atoms with Crippen molar-refractivity contribution in [2.45, 2.75) is 59.4 Å². The summed E-state index contributed by atoms with van der Waals surface area (Å²) in [5.41, 5.74) is 0.0227. The lowest BCUT2D eigenvalue weighted by Gasteiger charge is -2.33. The van der Waals surface area contributed by atoms with Crippen molar-refractivity contribution in [2.75, 3.05) is 13.2 Å². The van der Waals surface area contributed by atoms with Crippen LogP contribution in [-0.2, 0) is 0 Å². The number of nitrogens with one attached hydrogen (secondary N) is 1. The molecule has 0 radical (unpaired) electrons. The predicted octanol–water partition coefficient (Wildman–Crippen LogP) is 2.81. The fraction of sp³-hybridized carbons (Fsp3) is 1.00. The molecule has 1 aliphatic rings. The van der Waals surface area contributed by atoms with Crippen LogP contribution in [0.25, 0.3) is 0 Å². The highest BCUT2D eigenvalue weighted by atomic mass is 16.3. The summed E-state index contributed by atoms with van der Waals surface area (Å²) in [5.74, 6) is 1.78. The van der Waals surface area contributed by atoms with Crippen LogP contribution in [0.5, 0.6) is 0 Å². The van der Waals surface area contributed by atoms with Gasteiger partial charge in [0.2, 0.25) is 0 Å². The molecule has 0 aromatic heterocycles. The molecule has 1 aliphatic carbocycles. The van der Waals surface area contributed by atoms with E-state index in [9.17, 15) is 5.11 Å². The van der Waals surface area contributed by atoms with E-state index in [4.69, 9.17) is 0 Å². The number of aliphatic hydroxyl groups is 1. The summed E-state index contributed by atoms with van der Waals surface area (Å²) in [7, 11) is 0. The summed E-state index contributed by atoms with van der Waals surface area (Å²) in [6.07, 6.45) is 5.36. The molecule has 2 nitrogen and oxygen atoms in total. The number of hydrogen-bond donors (Lipinski definition) is 2. The topological polar surface area (TPSA) is 32.3 Å². The highest BCUT2D eigenvalue weighted by molar-refractivity contribution is 4.81. The van der Waals surface area contributed by atoms with Gasteiger partial charge in [-0.05, 0) is 37.5 Å². The van der Waals surface area contributed by atoms with Crippen LogP contribution >= 0.6 is 0 Å². The monoisotopic (exact) mass is 227 g/mol. The van der Waals surface area contributed by atoms with Gasteiger partial charge in [0, 0.05) is 24.6 Å². The fourth-order valence-electron chi connectivity index (χ4n) is 2.47. The average Bonchev–Trinajstić information content (AvgIpc) is 2.27. The zero-order valence-corrected chi connectivity index (χ0v) is 11.4. The molecule has 0 saturated heterocycles. The van der Waals surface area contributed by atoms with E-state index in [1.807, 2.05) is 0 Å².